The van der Waals surface area contributed by atoms with Crippen molar-refractivity contribution in [2.45, 2.75) is 72.0 Å². The molecule has 9 aromatic rings. The second kappa shape index (κ2) is 15.1. The molecule has 6 heterocycles. The van der Waals surface area contributed by atoms with Gasteiger partial charge in [0.25, 0.3) is 0 Å². The Kier molecular flexibility index (Phi) is 8.86. The van der Waals surface area contributed by atoms with Crippen LogP contribution in [0.4, 0.5) is 34.1 Å². The van der Waals surface area contributed by atoms with Gasteiger partial charge in [0, 0.05) is 43.1 Å². The van der Waals surface area contributed by atoms with Gasteiger partial charge in [0.2, 0.25) is 13.4 Å². The van der Waals surface area contributed by atoms with Crippen LogP contribution < -0.4 is 61.5 Å². The first kappa shape index (κ1) is 42.3. The molecule has 0 N–H and O–H groups in total. The first-order valence-electron chi connectivity index (χ1n) is 24.8. The highest BCUT2D eigenvalue weighted by Gasteiger charge is 2.48. The molecule has 6 aliphatic heterocycles. The second-order valence-electron chi connectivity index (χ2n) is 21.7. The van der Waals surface area contributed by atoms with Gasteiger partial charge in [0.15, 0.2) is 23.0 Å². The molecule has 0 saturated heterocycles. The van der Waals surface area contributed by atoms with Gasteiger partial charge in [-0.25, -0.2) is 0 Å². The Bertz CT molecular complexity index is 3620. The van der Waals surface area contributed by atoms with E-state index in [2.05, 4.69) is 209 Å². The van der Waals surface area contributed by atoms with E-state index in [1.165, 1.54) is 63.5 Å². The summed E-state index contributed by atoms with van der Waals surface area (Å²) in [6, 6.07) is 61.0. The third kappa shape index (κ3) is 6.27. The summed E-state index contributed by atoms with van der Waals surface area (Å²) in [5.74, 6) is 6.61. The molecule has 0 aromatic heterocycles. The van der Waals surface area contributed by atoms with Gasteiger partial charge in [-0.1, -0.05) is 155 Å². The van der Waals surface area contributed by atoms with Crippen molar-refractivity contribution in [2.75, 3.05) is 9.80 Å². The first-order chi connectivity index (χ1) is 34.9. The normalized spacial score (nSPS) is 14.5. The minimum absolute atomic E-state index is 0.0203. The number of para-hydroxylation sites is 6. The Hall–Kier alpha value is -7.39. The van der Waals surface area contributed by atoms with Crippen LogP contribution in [0.1, 0.15) is 52.7 Å². The lowest BCUT2D eigenvalue weighted by Gasteiger charge is -2.44. The average Bonchev–Trinajstić information content (AvgIpc) is 3.36. The second-order valence-corrected chi connectivity index (χ2v) is 23.8. The summed E-state index contributed by atoms with van der Waals surface area (Å²) in [6.07, 6.45) is 0. The summed E-state index contributed by atoms with van der Waals surface area (Å²) in [4.78, 5) is 9.68. The fourth-order valence-corrected chi connectivity index (χ4v) is 14.3. The maximum Gasteiger partial charge on any atom is 0.249 e. The first-order valence-corrected chi connectivity index (χ1v) is 26.4. The monoisotopic (exact) mass is 968 g/mol. The zero-order valence-electron chi connectivity index (χ0n) is 40.7. The topological polar surface area (TPSA) is 43.4 Å². The number of anilines is 6. The fourth-order valence-electron chi connectivity index (χ4n) is 11.8. The van der Waals surface area contributed by atoms with Crippen molar-refractivity contribution in [3.05, 3.63) is 181 Å². The summed E-state index contributed by atoms with van der Waals surface area (Å²) < 4.78 is 27.4. The predicted octanol–water partition coefficient (Wildman–Crippen LogP) is 13.6. The van der Waals surface area contributed by atoms with Crippen LogP contribution in [0.5, 0.6) is 46.0 Å². The van der Waals surface area contributed by atoms with Crippen LogP contribution in [-0.4, -0.2) is 13.4 Å². The molecule has 0 aliphatic carbocycles. The lowest BCUT2D eigenvalue weighted by Crippen LogP contribution is -2.63. The van der Waals surface area contributed by atoms with Crippen LogP contribution in [0.2, 0.25) is 0 Å². The lowest BCUT2D eigenvalue weighted by molar-refractivity contribution is 0.474. The summed E-state index contributed by atoms with van der Waals surface area (Å²) in [5.41, 5.74) is 16.4. The fraction of sp³-hybridized carbons (Fsp3) is 0.129. The standard InChI is InChI=1S/C62H46B2N2O4S2/c1-61(2,3)35-15-11-17-37(27-35)67-39-29-47-57-55(31-39)71-53-34-54-44(33-43(53)63(57)41-19-13-25-51-59(41)65(47)45-21-7-9-23-49(45)69-51)64-42-20-14-26-52-60(42)66(46-22-8-10-24-50(46)70-52)48-30-40(32-56(72-54)58(48)64)68-38-18-12-16-36(28-38)62(4,5)6/h7-34H,1-6H3. The quantitative estimate of drug-likeness (QED) is 0.162. The smallest absolute Gasteiger partial charge is 0.249 e. The van der Waals surface area contributed by atoms with E-state index in [4.69, 9.17) is 18.9 Å². The Morgan fingerprint density at radius 3 is 1.26 bits per heavy atom. The van der Waals surface area contributed by atoms with Gasteiger partial charge in [0.1, 0.15) is 23.0 Å². The van der Waals surface area contributed by atoms with E-state index >= 15 is 0 Å². The van der Waals surface area contributed by atoms with Crippen molar-refractivity contribution >= 4 is 104 Å². The number of ether oxygens (including phenoxy) is 4. The molecule has 0 amide bonds. The maximum atomic E-state index is 6.93. The Labute approximate surface area is 429 Å². The van der Waals surface area contributed by atoms with Crippen molar-refractivity contribution in [3.63, 3.8) is 0 Å². The number of benzene rings is 9. The highest BCUT2D eigenvalue weighted by molar-refractivity contribution is 8.01. The molecule has 0 bridgehead atoms. The van der Waals surface area contributed by atoms with Crippen LogP contribution >= 0.6 is 23.5 Å². The molecule has 6 aliphatic rings. The molecule has 0 saturated carbocycles. The molecule has 0 spiro atoms. The molecule has 346 valence electrons. The van der Waals surface area contributed by atoms with Crippen molar-refractivity contribution < 1.29 is 18.9 Å². The summed E-state index contributed by atoms with van der Waals surface area (Å²) in [5, 5.41) is 0. The molecule has 0 atom stereocenters. The van der Waals surface area contributed by atoms with Gasteiger partial charge in [-0.2, -0.15) is 0 Å². The summed E-state index contributed by atoms with van der Waals surface area (Å²) >= 11 is 3.70. The van der Waals surface area contributed by atoms with Gasteiger partial charge in [-0.15, -0.1) is 0 Å². The number of hydrogen-bond donors (Lipinski definition) is 0. The minimum atomic E-state index is -0.0691. The summed E-state index contributed by atoms with van der Waals surface area (Å²) in [6.45, 7) is 13.3. The molecule has 6 nitrogen and oxygen atoms in total. The van der Waals surface area contributed by atoms with Crippen LogP contribution in [0.3, 0.4) is 0 Å². The molecule has 9 aromatic carbocycles. The van der Waals surface area contributed by atoms with Crippen molar-refractivity contribution in [1.82, 2.24) is 0 Å². The van der Waals surface area contributed by atoms with Crippen LogP contribution in [-0.2, 0) is 10.8 Å². The van der Waals surface area contributed by atoms with Crippen molar-refractivity contribution in [3.8, 4) is 46.0 Å². The number of hydrogen-bond acceptors (Lipinski definition) is 8. The maximum absolute atomic E-state index is 6.93. The zero-order chi connectivity index (χ0) is 48.4. The molecule has 0 fully saturated rings. The molecular weight excluding hydrogens is 922 g/mol. The van der Waals surface area contributed by atoms with E-state index in [0.717, 1.165) is 80.1 Å². The summed E-state index contributed by atoms with van der Waals surface area (Å²) in [7, 11) is 0. The van der Waals surface area contributed by atoms with Crippen LogP contribution in [0.25, 0.3) is 0 Å². The molecule has 0 radical (unpaired) electrons. The Morgan fingerprint density at radius 2 is 0.806 bits per heavy atom. The van der Waals surface area contributed by atoms with Crippen molar-refractivity contribution in [2.24, 2.45) is 0 Å². The van der Waals surface area contributed by atoms with E-state index in [0.29, 0.717) is 0 Å². The third-order valence-corrected chi connectivity index (χ3v) is 17.4. The Morgan fingerprint density at radius 1 is 0.375 bits per heavy atom. The van der Waals surface area contributed by atoms with Gasteiger partial charge in [-0.05, 0) is 123 Å². The van der Waals surface area contributed by atoms with Gasteiger partial charge >= 0.3 is 0 Å². The number of rotatable bonds is 4. The van der Waals surface area contributed by atoms with Gasteiger partial charge < -0.3 is 28.7 Å². The average molecular weight is 969 g/mol. The number of fused-ring (bicyclic) bond motifs is 12. The lowest BCUT2D eigenvalue weighted by atomic mass is 9.31. The SMILES string of the molecule is CC(C)(C)c1cccc(Oc2cc3c4c(c2)N2c5ccccc5Oc5cccc(c52)B4c2cc4c(cc2S3)Sc2cc(Oc3cccc(C(C)(C)C)c3)cc3c2B4c2cccc4c2N3c2ccccc2O4)c1. The molecule has 15 rings (SSSR count). The third-order valence-electron chi connectivity index (χ3n) is 15.1. The number of nitrogens with zero attached hydrogens (tertiary/aromatic N) is 2. The van der Waals surface area contributed by atoms with E-state index in [1.807, 2.05) is 35.7 Å². The van der Waals surface area contributed by atoms with E-state index in [9.17, 15) is 0 Å². The minimum Gasteiger partial charge on any atom is -0.457 e. The van der Waals surface area contributed by atoms with Crippen LogP contribution in [0.15, 0.2) is 189 Å². The van der Waals surface area contributed by atoms with Crippen LogP contribution in [0, 0.1) is 0 Å². The molecular formula is C62H46B2N2O4S2. The van der Waals surface area contributed by atoms with Gasteiger partial charge in [-0.3, -0.25) is 0 Å². The highest BCUT2D eigenvalue weighted by atomic mass is 32.2. The van der Waals surface area contributed by atoms with E-state index < -0.39 is 0 Å². The van der Waals surface area contributed by atoms with Crippen molar-refractivity contribution in [1.29, 1.82) is 0 Å². The molecule has 0 unspecified atom stereocenters. The van der Waals surface area contributed by atoms with Gasteiger partial charge in [0.05, 0.1) is 22.7 Å². The van der Waals surface area contributed by atoms with E-state index in [1.54, 1.807) is 0 Å². The molecule has 10 heteroatoms. The molecule has 72 heavy (non-hydrogen) atoms. The highest BCUT2D eigenvalue weighted by Crippen LogP contribution is 2.56. The zero-order valence-corrected chi connectivity index (χ0v) is 42.3. The largest absolute Gasteiger partial charge is 0.457 e. The predicted molar refractivity (Wildman–Crippen MR) is 297 cm³/mol. The van der Waals surface area contributed by atoms with E-state index in [-0.39, 0.29) is 24.3 Å². The Balaban J connectivity index is 0.933.